The van der Waals surface area contributed by atoms with Crippen LogP contribution in [-0.2, 0) is 6.18 Å². The van der Waals surface area contributed by atoms with Gasteiger partial charge in [0.2, 0.25) is 0 Å². The Balaban J connectivity index is 1.86. The standard InChI is InChI=1S/C18H19ClF3N5/c1-10-12(19)13-14(25-10)15(11(8-23)16(26-13)18(20,21)22)27-6-3-17(4-7-27)2-5-24-9-17/h24-25H,2-7,9H2,1H3. The molecule has 9 heteroatoms. The molecule has 0 radical (unpaired) electrons. The fourth-order valence-corrected chi connectivity index (χ4v) is 4.51. The van der Waals surface area contributed by atoms with Gasteiger partial charge in [0.1, 0.15) is 17.1 Å². The fraction of sp³-hybridized carbons (Fsp3) is 0.556. The molecule has 0 unspecified atom stereocenters. The first kappa shape index (κ1) is 18.4. The van der Waals surface area contributed by atoms with Gasteiger partial charge >= 0.3 is 6.18 Å². The molecule has 0 aliphatic carbocycles. The summed E-state index contributed by atoms with van der Waals surface area (Å²) in [7, 11) is 0. The fourth-order valence-electron chi connectivity index (χ4n) is 4.32. The molecule has 2 aliphatic rings. The molecule has 2 aromatic heterocycles. The van der Waals surface area contributed by atoms with E-state index in [4.69, 9.17) is 11.6 Å². The molecule has 2 saturated heterocycles. The monoisotopic (exact) mass is 397 g/mol. The van der Waals surface area contributed by atoms with E-state index >= 15 is 0 Å². The molecule has 2 N–H and O–H groups in total. The number of piperidine rings is 1. The second-order valence-corrected chi connectivity index (χ2v) is 7.87. The second-order valence-electron chi connectivity index (χ2n) is 7.49. The molecule has 0 bridgehead atoms. The molecule has 2 aliphatic heterocycles. The van der Waals surface area contributed by atoms with E-state index in [9.17, 15) is 18.4 Å². The van der Waals surface area contributed by atoms with Crippen LogP contribution < -0.4 is 10.2 Å². The van der Waals surface area contributed by atoms with Crippen molar-refractivity contribution in [1.82, 2.24) is 15.3 Å². The van der Waals surface area contributed by atoms with Crippen molar-refractivity contribution >= 4 is 28.3 Å². The molecular weight excluding hydrogens is 379 g/mol. The minimum atomic E-state index is -4.73. The van der Waals surface area contributed by atoms with Gasteiger partial charge in [-0.1, -0.05) is 11.6 Å². The van der Waals surface area contributed by atoms with Crippen LogP contribution in [0, 0.1) is 23.7 Å². The van der Waals surface area contributed by atoms with Crippen LogP contribution >= 0.6 is 11.6 Å². The van der Waals surface area contributed by atoms with E-state index in [0.717, 1.165) is 32.4 Å². The Kier molecular flexibility index (Phi) is 4.28. The molecule has 0 saturated carbocycles. The first-order valence-corrected chi connectivity index (χ1v) is 9.28. The van der Waals surface area contributed by atoms with E-state index < -0.39 is 17.4 Å². The Morgan fingerprint density at radius 3 is 2.52 bits per heavy atom. The number of rotatable bonds is 1. The van der Waals surface area contributed by atoms with Crippen LogP contribution in [-0.4, -0.2) is 36.1 Å². The van der Waals surface area contributed by atoms with Gasteiger partial charge in [0, 0.05) is 25.3 Å². The van der Waals surface area contributed by atoms with E-state index in [1.54, 1.807) is 13.0 Å². The smallest absolute Gasteiger partial charge is 0.369 e. The number of hydrogen-bond donors (Lipinski definition) is 2. The number of alkyl halides is 3. The number of halogens is 4. The van der Waals surface area contributed by atoms with E-state index in [0.29, 0.717) is 24.3 Å². The van der Waals surface area contributed by atoms with Gasteiger partial charge in [-0.15, -0.1) is 0 Å². The van der Waals surface area contributed by atoms with Crippen molar-refractivity contribution < 1.29 is 13.2 Å². The summed E-state index contributed by atoms with van der Waals surface area (Å²) < 4.78 is 40.8. The molecule has 0 atom stereocenters. The quantitative estimate of drug-likeness (QED) is 0.763. The zero-order valence-electron chi connectivity index (χ0n) is 14.8. The maximum atomic E-state index is 13.6. The van der Waals surface area contributed by atoms with Gasteiger partial charge in [-0.05, 0) is 38.1 Å². The maximum Gasteiger partial charge on any atom is 0.434 e. The van der Waals surface area contributed by atoms with Crippen molar-refractivity contribution in [2.75, 3.05) is 31.1 Å². The predicted molar refractivity (Wildman–Crippen MR) is 96.9 cm³/mol. The number of aromatic nitrogens is 2. The van der Waals surface area contributed by atoms with Crippen LogP contribution in [0.2, 0.25) is 5.02 Å². The number of pyridine rings is 1. The Morgan fingerprint density at radius 1 is 1.26 bits per heavy atom. The minimum absolute atomic E-state index is 0.0679. The summed E-state index contributed by atoms with van der Waals surface area (Å²) in [5.74, 6) is 0. The molecule has 5 nitrogen and oxygen atoms in total. The molecule has 2 aromatic rings. The van der Waals surface area contributed by atoms with Crippen LogP contribution in [0.5, 0.6) is 0 Å². The summed E-state index contributed by atoms with van der Waals surface area (Å²) >= 11 is 6.20. The van der Waals surface area contributed by atoms with E-state index in [-0.39, 0.29) is 21.6 Å². The van der Waals surface area contributed by atoms with Gasteiger partial charge in [-0.2, -0.15) is 18.4 Å². The summed E-state index contributed by atoms with van der Waals surface area (Å²) in [4.78, 5) is 8.64. The SMILES string of the molecule is Cc1[nH]c2c(N3CCC4(CCNC4)CC3)c(C#N)c(C(F)(F)F)nc2c1Cl. The van der Waals surface area contributed by atoms with E-state index in [2.05, 4.69) is 15.3 Å². The highest BCUT2D eigenvalue weighted by Crippen LogP contribution is 2.44. The van der Waals surface area contributed by atoms with Gasteiger partial charge in [-0.3, -0.25) is 0 Å². The third-order valence-corrected chi connectivity index (χ3v) is 6.34. The lowest BCUT2D eigenvalue weighted by Gasteiger charge is -2.40. The summed E-state index contributed by atoms with van der Waals surface area (Å²) in [5.41, 5.74) is -0.112. The van der Waals surface area contributed by atoms with E-state index in [1.165, 1.54) is 0 Å². The van der Waals surface area contributed by atoms with Crippen molar-refractivity contribution in [2.24, 2.45) is 5.41 Å². The van der Waals surface area contributed by atoms with Crippen molar-refractivity contribution in [1.29, 1.82) is 5.26 Å². The lowest BCUT2D eigenvalue weighted by Crippen LogP contribution is -2.41. The molecule has 1 spiro atoms. The van der Waals surface area contributed by atoms with Crippen molar-refractivity contribution in [3.8, 4) is 6.07 Å². The zero-order valence-corrected chi connectivity index (χ0v) is 15.6. The van der Waals surface area contributed by atoms with Crippen molar-refractivity contribution in [2.45, 2.75) is 32.4 Å². The lowest BCUT2D eigenvalue weighted by atomic mass is 9.77. The lowest BCUT2D eigenvalue weighted by molar-refractivity contribution is -0.141. The zero-order chi connectivity index (χ0) is 19.4. The normalized spacial score (nSPS) is 19.8. The largest absolute Gasteiger partial charge is 0.434 e. The number of fused-ring (bicyclic) bond motifs is 1. The number of aromatic amines is 1. The molecule has 4 heterocycles. The number of aryl methyl sites for hydroxylation is 1. The molecular formula is C18H19ClF3N5. The summed E-state index contributed by atoms with van der Waals surface area (Å²) in [6.07, 6.45) is -1.89. The Morgan fingerprint density at radius 2 is 1.96 bits per heavy atom. The molecule has 4 rings (SSSR count). The highest BCUT2D eigenvalue weighted by molar-refractivity contribution is 6.36. The minimum Gasteiger partial charge on any atom is -0.369 e. The van der Waals surface area contributed by atoms with Crippen molar-refractivity contribution in [3.05, 3.63) is 22.0 Å². The molecule has 27 heavy (non-hydrogen) atoms. The Labute approximate surface area is 159 Å². The van der Waals surface area contributed by atoms with Crippen LogP contribution in [0.1, 0.15) is 36.2 Å². The predicted octanol–water partition coefficient (Wildman–Crippen LogP) is 4.00. The third kappa shape index (κ3) is 2.93. The molecule has 0 aromatic carbocycles. The van der Waals surface area contributed by atoms with Gasteiger partial charge in [0.15, 0.2) is 5.69 Å². The second kappa shape index (κ2) is 6.28. The average Bonchev–Trinajstić information content (AvgIpc) is 3.19. The van der Waals surface area contributed by atoms with Crippen LogP contribution in [0.3, 0.4) is 0 Å². The summed E-state index contributed by atoms with van der Waals surface area (Å²) in [6.45, 7) is 4.80. The molecule has 144 valence electrons. The van der Waals surface area contributed by atoms with Gasteiger partial charge in [0.25, 0.3) is 0 Å². The molecule has 2 fully saturated rings. The highest BCUT2D eigenvalue weighted by atomic mass is 35.5. The van der Waals surface area contributed by atoms with Crippen LogP contribution in [0.15, 0.2) is 0 Å². The first-order chi connectivity index (χ1) is 12.8. The first-order valence-electron chi connectivity index (χ1n) is 8.90. The van der Waals surface area contributed by atoms with E-state index in [1.807, 2.05) is 4.90 Å². The number of nitrogens with one attached hydrogen (secondary N) is 2. The van der Waals surface area contributed by atoms with Crippen LogP contribution in [0.25, 0.3) is 11.0 Å². The van der Waals surface area contributed by atoms with Gasteiger partial charge in [0.05, 0.1) is 16.2 Å². The summed E-state index contributed by atoms with van der Waals surface area (Å²) in [6, 6.07) is 1.75. The topological polar surface area (TPSA) is 67.7 Å². The number of nitrogens with zero attached hydrogens (tertiary/aromatic N) is 3. The Hall–Kier alpha value is -1.98. The van der Waals surface area contributed by atoms with Gasteiger partial charge in [-0.25, -0.2) is 4.98 Å². The van der Waals surface area contributed by atoms with Gasteiger partial charge < -0.3 is 15.2 Å². The summed E-state index contributed by atoms with van der Waals surface area (Å²) in [5, 5.41) is 13.1. The number of H-pyrrole nitrogens is 1. The average molecular weight is 398 g/mol. The van der Waals surface area contributed by atoms with Crippen LogP contribution in [0.4, 0.5) is 18.9 Å². The third-order valence-electron chi connectivity index (χ3n) is 5.87. The maximum absolute atomic E-state index is 13.6. The van der Waals surface area contributed by atoms with Crippen molar-refractivity contribution in [3.63, 3.8) is 0 Å². The Bertz CT molecular complexity index is 927. The number of anilines is 1. The highest BCUT2D eigenvalue weighted by Gasteiger charge is 2.42. The number of hydrogen-bond acceptors (Lipinski definition) is 4. The molecule has 0 amide bonds. The number of nitriles is 1.